The second kappa shape index (κ2) is 8.13. The highest BCUT2D eigenvalue weighted by Gasteiger charge is 2.14. The molecule has 3 aromatic rings. The van der Waals surface area contributed by atoms with Gasteiger partial charge in [-0.15, -0.1) is 0 Å². The largest absolute Gasteiger partial charge is 0.486 e. The lowest BCUT2D eigenvalue weighted by atomic mass is 10.1. The van der Waals surface area contributed by atoms with Gasteiger partial charge in [0, 0.05) is 24.6 Å². The minimum atomic E-state index is -0.0488. The smallest absolute Gasteiger partial charge is 0.246 e. The summed E-state index contributed by atoms with van der Waals surface area (Å²) in [5.41, 5.74) is 2.69. The first kappa shape index (κ1) is 18.0. The summed E-state index contributed by atoms with van der Waals surface area (Å²) in [7, 11) is 0. The van der Waals surface area contributed by atoms with Crippen molar-refractivity contribution >= 4 is 22.9 Å². The first-order chi connectivity index (χ1) is 13.7. The molecule has 0 fully saturated rings. The highest BCUT2D eigenvalue weighted by atomic mass is 16.6. The number of likely N-dealkylation sites (N-methyl/N-ethyl adjacent to an activating group) is 1. The van der Waals surface area contributed by atoms with Gasteiger partial charge in [0.25, 0.3) is 0 Å². The number of hydrogen-bond acceptors (Lipinski definition) is 4. The van der Waals surface area contributed by atoms with Crippen molar-refractivity contribution in [2.45, 2.75) is 13.5 Å². The number of benzene rings is 2. The second-order valence-electron chi connectivity index (χ2n) is 6.59. The van der Waals surface area contributed by atoms with Gasteiger partial charge in [0.1, 0.15) is 13.2 Å². The number of aromatic nitrogens is 1. The molecule has 1 aliphatic rings. The van der Waals surface area contributed by atoms with Crippen LogP contribution in [0.4, 0.5) is 0 Å². The maximum Gasteiger partial charge on any atom is 0.246 e. The van der Waals surface area contributed by atoms with Crippen molar-refractivity contribution in [1.82, 2.24) is 9.88 Å². The van der Waals surface area contributed by atoms with Gasteiger partial charge < -0.3 is 14.4 Å². The second-order valence-corrected chi connectivity index (χ2v) is 6.59. The van der Waals surface area contributed by atoms with E-state index < -0.39 is 0 Å². The molecule has 4 rings (SSSR count). The fourth-order valence-electron chi connectivity index (χ4n) is 3.19. The van der Waals surface area contributed by atoms with Crippen LogP contribution < -0.4 is 9.47 Å². The van der Waals surface area contributed by atoms with E-state index in [2.05, 4.69) is 4.98 Å². The van der Waals surface area contributed by atoms with Gasteiger partial charge in [0.2, 0.25) is 5.91 Å². The van der Waals surface area contributed by atoms with Gasteiger partial charge in [-0.1, -0.05) is 30.3 Å². The van der Waals surface area contributed by atoms with E-state index in [1.165, 1.54) is 0 Å². The predicted octanol–water partition coefficient (Wildman–Crippen LogP) is 4.07. The number of carbonyl (C=O) groups is 1. The molecular formula is C23H22N2O3. The average Bonchev–Trinajstić information content (AvgIpc) is 2.75. The van der Waals surface area contributed by atoms with Gasteiger partial charge in [-0.3, -0.25) is 4.79 Å². The Labute approximate surface area is 164 Å². The Balaban J connectivity index is 1.46. The molecule has 0 saturated carbocycles. The SMILES string of the molecule is CCN(Cc1ccc2c(c1)OCCO2)C(=O)/C=C/c1ccc2ccccc2n1. The van der Waals surface area contributed by atoms with Crippen LogP contribution in [-0.4, -0.2) is 35.5 Å². The Morgan fingerprint density at radius 2 is 1.89 bits per heavy atom. The molecule has 28 heavy (non-hydrogen) atoms. The normalized spacial score (nSPS) is 13.0. The minimum absolute atomic E-state index is 0.0488. The molecule has 0 N–H and O–H groups in total. The molecule has 1 aromatic heterocycles. The number of para-hydroxylation sites is 1. The van der Waals surface area contributed by atoms with E-state index in [1.807, 2.05) is 61.5 Å². The fraction of sp³-hybridized carbons (Fsp3) is 0.217. The zero-order valence-corrected chi connectivity index (χ0v) is 15.8. The summed E-state index contributed by atoms with van der Waals surface area (Å²) in [6.45, 7) is 4.22. The van der Waals surface area contributed by atoms with Crippen molar-refractivity contribution in [3.05, 3.63) is 71.9 Å². The van der Waals surface area contributed by atoms with Crippen LogP contribution in [0.5, 0.6) is 11.5 Å². The Morgan fingerprint density at radius 3 is 2.75 bits per heavy atom. The quantitative estimate of drug-likeness (QED) is 0.632. The van der Waals surface area contributed by atoms with Crippen molar-refractivity contribution < 1.29 is 14.3 Å². The maximum atomic E-state index is 12.7. The van der Waals surface area contributed by atoms with Crippen molar-refractivity contribution in [3.8, 4) is 11.5 Å². The molecular weight excluding hydrogens is 352 g/mol. The van der Waals surface area contributed by atoms with Gasteiger partial charge in [0.05, 0.1) is 11.2 Å². The molecule has 0 aliphatic carbocycles. The summed E-state index contributed by atoms with van der Waals surface area (Å²) >= 11 is 0. The number of nitrogens with zero attached hydrogens (tertiary/aromatic N) is 2. The summed E-state index contributed by atoms with van der Waals surface area (Å²) in [6, 6.07) is 17.7. The highest BCUT2D eigenvalue weighted by Crippen LogP contribution is 2.31. The molecule has 142 valence electrons. The monoisotopic (exact) mass is 374 g/mol. The molecule has 0 unspecified atom stereocenters. The Kier molecular flexibility index (Phi) is 5.24. The zero-order chi connectivity index (χ0) is 19.3. The van der Waals surface area contributed by atoms with Gasteiger partial charge in [0.15, 0.2) is 11.5 Å². The standard InChI is InChI=1S/C23H22N2O3/c1-2-25(16-17-7-11-21-22(15-17)28-14-13-27-21)23(26)12-10-19-9-8-18-5-3-4-6-20(18)24-19/h3-12,15H,2,13-14,16H2,1H3/b12-10+. The first-order valence-electron chi connectivity index (χ1n) is 9.44. The summed E-state index contributed by atoms with van der Waals surface area (Å²) < 4.78 is 11.2. The fourth-order valence-corrected chi connectivity index (χ4v) is 3.19. The van der Waals surface area contributed by atoms with Crippen molar-refractivity contribution in [2.75, 3.05) is 19.8 Å². The first-order valence-corrected chi connectivity index (χ1v) is 9.44. The van der Waals surface area contributed by atoms with Crippen LogP contribution in [0.15, 0.2) is 60.7 Å². The molecule has 0 atom stereocenters. The van der Waals surface area contributed by atoms with Crippen LogP contribution in [0.3, 0.4) is 0 Å². The van der Waals surface area contributed by atoms with Crippen molar-refractivity contribution in [1.29, 1.82) is 0 Å². The van der Waals surface area contributed by atoms with Crippen molar-refractivity contribution in [3.63, 3.8) is 0 Å². The molecule has 0 spiro atoms. The van der Waals surface area contributed by atoms with E-state index in [1.54, 1.807) is 17.1 Å². The number of amides is 1. The van der Waals surface area contributed by atoms with Gasteiger partial charge in [-0.25, -0.2) is 4.98 Å². The summed E-state index contributed by atoms with van der Waals surface area (Å²) in [4.78, 5) is 19.0. The lowest BCUT2D eigenvalue weighted by Gasteiger charge is -2.22. The number of fused-ring (bicyclic) bond motifs is 2. The lowest BCUT2D eigenvalue weighted by molar-refractivity contribution is -0.126. The molecule has 2 aromatic carbocycles. The number of ether oxygens (including phenoxy) is 2. The van der Waals surface area contributed by atoms with Crippen LogP contribution in [0.1, 0.15) is 18.2 Å². The van der Waals surface area contributed by atoms with Crippen LogP contribution in [0.25, 0.3) is 17.0 Å². The van der Waals surface area contributed by atoms with Crippen molar-refractivity contribution in [2.24, 2.45) is 0 Å². The van der Waals surface area contributed by atoms with Crippen LogP contribution in [-0.2, 0) is 11.3 Å². The molecule has 5 heteroatoms. The number of pyridine rings is 1. The topological polar surface area (TPSA) is 51.7 Å². The molecule has 0 bridgehead atoms. The van der Waals surface area contributed by atoms with E-state index in [0.717, 1.165) is 33.7 Å². The van der Waals surface area contributed by atoms with Crippen LogP contribution >= 0.6 is 0 Å². The number of hydrogen-bond donors (Lipinski definition) is 0. The van der Waals surface area contributed by atoms with E-state index in [9.17, 15) is 4.79 Å². The third kappa shape index (κ3) is 3.98. The highest BCUT2D eigenvalue weighted by molar-refractivity contribution is 5.92. The van der Waals surface area contributed by atoms with Gasteiger partial charge in [-0.05, 0) is 42.8 Å². The minimum Gasteiger partial charge on any atom is -0.486 e. The lowest BCUT2D eigenvalue weighted by Crippen LogP contribution is -2.28. The molecule has 5 nitrogen and oxygen atoms in total. The number of rotatable bonds is 5. The third-order valence-corrected chi connectivity index (χ3v) is 4.69. The Bertz CT molecular complexity index is 1030. The maximum absolute atomic E-state index is 12.7. The molecule has 1 aliphatic heterocycles. The molecule has 1 amide bonds. The number of carbonyl (C=O) groups excluding carboxylic acids is 1. The summed E-state index contributed by atoms with van der Waals surface area (Å²) in [5.74, 6) is 1.45. The molecule has 0 radical (unpaired) electrons. The Hall–Kier alpha value is -3.34. The van der Waals surface area contributed by atoms with E-state index >= 15 is 0 Å². The van der Waals surface area contributed by atoms with Gasteiger partial charge in [-0.2, -0.15) is 0 Å². The van der Waals surface area contributed by atoms with E-state index in [-0.39, 0.29) is 5.91 Å². The third-order valence-electron chi connectivity index (χ3n) is 4.69. The predicted molar refractivity (Wildman–Crippen MR) is 109 cm³/mol. The zero-order valence-electron chi connectivity index (χ0n) is 15.8. The van der Waals surface area contributed by atoms with Crippen LogP contribution in [0, 0.1) is 0 Å². The molecule has 2 heterocycles. The van der Waals surface area contributed by atoms with Gasteiger partial charge >= 0.3 is 0 Å². The Morgan fingerprint density at radius 1 is 1.07 bits per heavy atom. The summed E-state index contributed by atoms with van der Waals surface area (Å²) in [5, 5.41) is 1.08. The van der Waals surface area contributed by atoms with Crippen LogP contribution in [0.2, 0.25) is 0 Å². The van der Waals surface area contributed by atoms with E-state index in [0.29, 0.717) is 26.3 Å². The molecule has 0 saturated heterocycles. The summed E-state index contributed by atoms with van der Waals surface area (Å²) in [6.07, 6.45) is 3.35. The average molecular weight is 374 g/mol. The van der Waals surface area contributed by atoms with E-state index in [4.69, 9.17) is 9.47 Å².